The molecule has 1 nitrogen and oxygen atoms in total. The number of hydrogen-bond acceptors (Lipinski definition) is 2. The van der Waals surface area contributed by atoms with Crippen molar-refractivity contribution in [2.24, 2.45) is 0 Å². The molecule has 0 bridgehead atoms. The number of benzene rings is 1. The molecule has 1 aromatic heterocycles. The minimum atomic E-state index is -0.738. The Labute approximate surface area is 166 Å². The molecule has 24 heavy (non-hydrogen) atoms. The summed E-state index contributed by atoms with van der Waals surface area (Å²) in [5.41, 5.74) is -0.183. The number of hydrogen-bond donors (Lipinski definition) is 0. The zero-order chi connectivity index (χ0) is 17.8. The highest BCUT2D eigenvalue weighted by Crippen LogP contribution is 2.33. The number of aryl methyl sites for hydroxylation is 1. The van der Waals surface area contributed by atoms with E-state index in [9.17, 15) is 0 Å². The zero-order valence-electron chi connectivity index (χ0n) is 15.4. The molecule has 1 heterocycles. The number of fused-ring (bicyclic) bond motifs is 1. The summed E-state index contributed by atoms with van der Waals surface area (Å²) in [6.07, 6.45) is 4.31. The topological polar surface area (TPSA) is 9.23 Å². The minimum absolute atomic E-state index is 0.183. The second kappa shape index (κ2) is 8.47. The van der Waals surface area contributed by atoms with Gasteiger partial charge < -0.3 is 4.74 Å². The van der Waals surface area contributed by atoms with Crippen molar-refractivity contribution in [1.82, 2.24) is 0 Å². The molecule has 0 aliphatic rings. The number of halogens is 1. The molecule has 132 valence electrons. The predicted octanol–water partition coefficient (Wildman–Crippen LogP) is 6.82. The van der Waals surface area contributed by atoms with Crippen molar-refractivity contribution in [3.8, 4) is 0 Å². The molecule has 1 aromatic carbocycles. The van der Waals surface area contributed by atoms with Gasteiger partial charge in [0.15, 0.2) is 0 Å². The molecule has 0 aliphatic heterocycles. The van der Waals surface area contributed by atoms with Crippen LogP contribution in [0.1, 0.15) is 32.1 Å². The fourth-order valence-corrected chi connectivity index (χ4v) is 4.63. The number of rotatable bonds is 8. The average Bonchev–Trinajstić information content (AvgIpc) is 2.94. The largest absolute Gasteiger partial charge is 0.371 e. The van der Waals surface area contributed by atoms with Crippen LogP contribution in [0.2, 0.25) is 18.1 Å². The van der Waals surface area contributed by atoms with Crippen LogP contribution in [0.5, 0.6) is 0 Å². The van der Waals surface area contributed by atoms with Crippen molar-refractivity contribution in [3.05, 3.63) is 45.4 Å². The van der Waals surface area contributed by atoms with Crippen molar-refractivity contribution in [2.75, 3.05) is 6.61 Å². The van der Waals surface area contributed by atoms with E-state index in [1.807, 2.05) is 11.3 Å². The Morgan fingerprint density at radius 2 is 1.92 bits per heavy atom. The van der Waals surface area contributed by atoms with E-state index in [1.54, 1.807) is 0 Å². The highest BCUT2D eigenvalue weighted by atomic mass is 127. The molecular formula is C20H29IOSSi. The van der Waals surface area contributed by atoms with Crippen LogP contribution in [-0.4, -0.2) is 21.0 Å². The molecule has 0 radical (unpaired) electrons. The summed E-state index contributed by atoms with van der Waals surface area (Å²) >= 11 is 4.21. The van der Waals surface area contributed by atoms with Crippen LogP contribution in [0.3, 0.4) is 0 Å². The molecule has 1 unspecified atom stereocenters. The highest BCUT2D eigenvalue weighted by molar-refractivity contribution is 14.1. The minimum Gasteiger partial charge on any atom is -0.371 e. The fourth-order valence-electron chi connectivity index (χ4n) is 2.39. The summed E-state index contributed by atoms with van der Waals surface area (Å²) in [6.45, 7) is 12.6. The quantitative estimate of drug-likeness (QED) is 0.302. The Morgan fingerprint density at radius 1 is 1.21 bits per heavy atom. The summed E-state index contributed by atoms with van der Waals surface area (Å²) in [5.74, 6) is 0. The first-order valence-corrected chi connectivity index (χ1v) is 13.6. The Kier molecular flexibility index (Phi) is 7.11. The molecule has 0 saturated heterocycles. The third-order valence-electron chi connectivity index (χ3n) is 5.10. The zero-order valence-corrected chi connectivity index (χ0v) is 19.6. The lowest BCUT2D eigenvalue weighted by molar-refractivity contribution is -0.0115. The summed E-state index contributed by atoms with van der Waals surface area (Å²) in [7, 11) is -0.738. The van der Waals surface area contributed by atoms with Gasteiger partial charge in [-0.2, -0.15) is 0 Å². The van der Waals surface area contributed by atoms with E-state index < -0.39 is 8.80 Å². The summed E-state index contributed by atoms with van der Waals surface area (Å²) in [5, 5.41) is 1.69. The van der Waals surface area contributed by atoms with Crippen LogP contribution in [0.4, 0.5) is 0 Å². The van der Waals surface area contributed by atoms with Crippen molar-refractivity contribution in [1.29, 1.82) is 0 Å². The van der Waals surface area contributed by atoms with Gasteiger partial charge in [-0.05, 0) is 52.5 Å². The maximum Gasteiger partial charge on any atom is 0.0845 e. The van der Waals surface area contributed by atoms with Crippen LogP contribution in [0, 0.1) is 0 Å². The maximum absolute atomic E-state index is 6.44. The lowest BCUT2D eigenvalue weighted by Crippen LogP contribution is -2.34. The molecule has 1 atom stereocenters. The molecule has 0 spiro atoms. The summed E-state index contributed by atoms with van der Waals surface area (Å²) < 4.78 is 9.92. The van der Waals surface area contributed by atoms with E-state index >= 15 is 0 Å². The lowest BCUT2D eigenvalue weighted by Gasteiger charge is -2.34. The molecule has 0 aliphatic carbocycles. The molecule has 2 rings (SSSR count). The Morgan fingerprint density at radius 3 is 2.54 bits per heavy atom. The van der Waals surface area contributed by atoms with E-state index in [4.69, 9.17) is 4.74 Å². The lowest BCUT2D eigenvalue weighted by atomic mass is 9.99. The van der Waals surface area contributed by atoms with Gasteiger partial charge in [0.25, 0.3) is 0 Å². The van der Waals surface area contributed by atoms with E-state index in [0.29, 0.717) is 5.04 Å². The summed E-state index contributed by atoms with van der Waals surface area (Å²) in [6, 6.07) is 11.0. The van der Waals surface area contributed by atoms with Crippen LogP contribution in [0.15, 0.2) is 40.5 Å². The van der Waals surface area contributed by atoms with Crippen LogP contribution < -0.4 is 0 Å². The van der Waals surface area contributed by atoms with Crippen molar-refractivity contribution < 1.29 is 4.74 Å². The Balaban J connectivity index is 2.04. The molecule has 0 fully saturated rings. The normalized spacial score (nSPS) is 15.5. The van der Waals surface area contributed by atoms with Crippen LogP contribution in [0.25, 0.3) is 10.1 Å². The SMILES string of the molecule is C[SiH](C)C(C)(C)COC(C)(/C=C/I)CCc1cc2ccccc2s1. The van der Waals surface area contributed by atoms with Crippen molar-refractivity contribution in [2.45, 2.75) is 57.3 Å². The molecule has 4 heteroatoms. The number of ether oxygens (including phenoxy) is 1. The van der Waals surface area contributed by atoms with Gasteiger partial charge >= 0.3 is 0 Å². The van der Waals surface area contributed by atoms with Gasteiger partial charge in [-0.3, -0.25) is 0 Å². The predicted molar refractivity (Wildman–Crippen MR) is 121 cm³/mol. The molecule has 0 saturated carbocycles. The molecule has 0 N–H and O–H groups in total. The Bertz CT molecular complexity index is 659. The van der Waals surface area contributed by atoms with Gasteiger partial charge in [0.05, 0.1) is 12.2 Å². The highest BCUT2D eigenvalue weighted by Gasteiger charge is 2.29. The van der Waals surface area contributed by atoms with Crippen LogP contribution in [-0.2, 0) is 11.2 Å². The van der Waals surface area contributed by atoms with E-state index in [-0.39, 0.29) is 5.60 Å². The molecule has 0 amide bonds. The van der Waals surface area contributed by atoms with Gasteiger partial charge in [-0.15, -0.1) is 11.3 Å². The van der Waals surface area contributed by atoms with Gasteiger partial charge in [-0.1, -0.05) is 67.7 Å². The van der Waals surface area contributed by atoms with E-state index in [2.05, 4.69) is 96.9 Å². The second-order valence-electron chi connectivity index (χ2n) is 7.79. The van der Waals surface area contributed by atoms with Crippen molar-refractivity contribution >= 4 is 52.8 Å². The fraction of sp³-hybridized carbons (Fsp3) is 0.500. The first-order valence-electron chi connectivity index (χ1n) is 8.65. The van der Waals surface area contributed by atoms with E-state index in [0.717, 1.165) is 19.4 Å². The Hall–Kier alpha value is -0.173. The van der Waals surface area contributed by atoms with Crippen LogP contribution >= 0.6 is 33.9 Å². The maximum atomic E-state index is 6.44. The molecule has 2 aromatic rings. The first-order chi connectivity index (χ1) is 11.3. The smallest absolute Gasteiger partial charge is 0.0845 e. The standard InChI is InChI=1S/C20H29IOSSi/c1-19(2,24(4)5)15-22-20(3,12-13-21)11-10-17-14-16-8-6-7-9-18(16)23-17/h6-9,12-14,24H,10-11,15H2,1-5H3/b13-12+. The third-order valence-corrected chi connectivity index (χ3v) is 9.92. The molecular weight excluding hydrogens is 443 g/mol. The van der Waals surface area contributed by atoms with Crippen molar-refractivity contribution in [3.63, 3.8) is 0 Å². The second-order valence-corrected chi connectivity index (χ2v) is 13.5. The van der Waals surface area contributed by atoms with Gasteiger partial charge in [0.2, 0.25) is 0 Å². The van der Waals surface area contributed by atoms with Gasteiger partial charge in [0, 0.05) is 18.4 Å². The average molecular weight is 473 g/mol. The van der Waals surface area contributed by atoms with E-state index in [1.165, 1.54) is 15.0 Å². The monoisotopic (exact) mass is 472 g/mol. The number of thiophene rings is 1. The van der Waals surface area contributed by atoms with Gasteiger partial charge in [-0.25, -0.2) is 0 Å². The first kappa shape index (κ1) is 20.1. The van der Waals surface area contributed by atoms with Gasteiger partial charge in [0.1, 0.15) is 0 Å². The summed E-state index contributed by atoms with van der Waals surface area (Å²) in [4.78, 5) is 1.45. The third kappa shape index (κ3) is 5.41.